The summed E-state index contributed by atoms with van der Waals surface area (Å²) in [6.07, 6.45) is 117. The van der Waals surface area contributed by atoms with Gasteiger partial charge in [-0.2, -0.15) is 0 Å². The number of likely N-dealkylation sites (N-methyl/N-ethyl adjacent to an activating group) is 1. The van der Waals surface area contributed by atoms with E-state index in [1.54, 1.807) is 0 Å². The SMILES string of the molecule is CC/C=C\C/C=C\C/C=C\C/C=C\C/C=C\C/C=C\CCCCCCCCCCCCCCCCCCCCCCC(=O)OC(COC(=O)CCCCCCCCCCCCCCCCCCCC/C=C\C/C=C\C/C=C\C/C=C\C/C=C\C/C=C\CC)COP(=O)([O-])OCC[N+](C)(C)C. The number of quaternary nitrogens is 1. The molecule has 0 saturated carbocycles. The molecule has 2 unspecified atom stereocenters. The lowest BCUT2D eigenvalue weighted by Gasteiger charge is -2.28. The number of hydrogen-bond donors (Lipinski definition) is 0. The molecule has 0 fully saturated rings. The molecule has 0 bridgehead atoms. The number of phosphoric acid groups is 1. The highest BCUT2D eigenvalue weighted by atomic mass is 31.2. The predicted octanol–water partition coefficient (Wildman–Crippen LogP) is 27.4. The zero-order chi connectivity index (χ0) is 72.5. The fourth-order valence-corrected chi connectivity index (χ4v) is 12.3. The van der Waals surface area contributed by atoms with Crippen molar-refractivity contribution in [3.05, 3.63) is 146 Å². The molecular formula is C90H156NO8P. The first-order chi connectivity index (χ1) is 49.0. The Bertz CT molecular complexity index is 2210. The number of rotatable bonds is 76. The van der Waals surface area contributed by atoms with Crippen LogP contribution in [-0.2, 0) is 32.7 Å². The summed E-state index contributed by atoms with van der Waals surface area (Å²) < 4.78 is 34.5. The number of phosphoric ester groups is 1. The number of unbranched alkanes of at least 4 members (excludes halogenated alkanes) is 38. The number of carbonyl (C=O) groups excluding carboxylic acids is 2. The van der Waals surface area contributed by atoms with Crippen molar-refractivity contribution in [2.75, 3.05) is 47.5 Å². The third-order valence-electron chi connectivity index (χ3n) is 17.9. The molecule has 100 heavy (non-hydrogen) atoms. The van der Waals surface area contributed by atoms with Gasteiger partial charge in [0.1, 0.15) is 19.8 Å². The van der Waals surface area contributed by atoms with Crippen LogP contribution in [0.15, 0.2) is 146 Å². The van der Waals surface area contributed by atoms with E-state index in [9.17, 15) is 19.0 Å². The van der Waals surface area contributed by atoms with Gasteiger partial charge in [-0.25, -0.2) is 0 Å². The van der Waals surface area contributed by atoms with Crippen LogP contribution in [0.4, 0.5) is 0 Å². The molecule has 0 radical (unpaired) electrons. The quantitative estimate of drug-likeness (QED) is 0.0195. The topological polar surface area (TPSA) is 111 Å². The van der Waals surface area contributed by atoms with Gasteiger partial charge in [0.15, 0.2) is 6.10 Å². The monoisotopic (exact) mass is 1410 g/mol. The second-order valence-corrected chi connectivity index (χ2v) is 30.1. The number of nitrogens with zero attached hydrogens (tertiary/aromatic N) is 1. The Balaban J connectivity index is 3.94. The summed E-state index contributed by atoms with van der Waals surface area (Å²) >= 11 is 0. The molecule has 0 aromatic heterocycles. The van der Waals surface area contributed by atoms with Crippen LogP contribution in [0.1, 0.15) is 361 Å². The lowest BCUT2D eigenvalue weighted by molar-refractivity contribution is -0.870. The van der Waals surface area contributed by atoms with Crippen LogP contribution in [0, 0.1) is 0 Å². The summed E-state index contributed by atoms with van der Waals surface area (Å²) in [4.78, 5) is 38.2. The Kier molecular flexibility index (Phi) is 75.8. The molecule has 9 nitrogen and oxygen atoms in total. The largest absolute Gasteiger partial charge is 0.756 e. The Labute approximate surface area is 618 Å². The van der Waals surface area contributed by atoms with Crippen molar-refractivity contribution in [3.63, 3.8) is 0 Å². The number of allylic oxidation sites excluding steroid dienone is 24. The van der Waals surface area contributed by atoms with Crippen molar-refractivity contribution < 1.29 is 42.1 Å². The lowest BCUT2D eigenvalue weighted by atomic mass is 10.0. The van der Waals surface area contributed by atoms with E-state index in [1.807, 2.05) is 21.1 Å². The normalized spacial score (nSPS) is 13.8. The first-order valence-corrected chi connectivity index (χ1v) is 43.0. The van der Waals surface area contributed by atoms with E-state index in [-0.39, 0.29) is 32.0 Å². The highest BCUT2D eigenvalue weighted by Gasteiger charge is 2.22. The molecular weight excluding hydrogens is 1250 g/mol. The molecule has 0 aromatic carbocycles. The van der Waals surface area contributed by atoms with E-state index in [2.05, 4.69) is 160 Å². The fourth-order valence-electron chi connectivity index (χ4n) is 11.6. The lowest BCUT2D eigenvalue weighted by Crippen LogP contribution is -2.37. The molecule has 0 aliphatic rings. The van der Waals surface area contributed by atoms with Crippen LogP contribution in [-0.4, -0.2) is 70.0 Å². The molecule has 2 atom stereocenters. The molecule has 0 saturated heterocycles. The van der Waals surface area contributed by atoms with Crippen LogP contribution < -0.4 is 4.89 Å². The minimum Gasteiger partial charge on any atom is -0.756 e. The number of carbonyl (C=O) groups is 2. The molecule has 574 valence electrons. The molecule has 10 heteroatoms. The summed E-state index contributed by atoms with van der Waals surface area (Å²) in [7, 11) is 1.17. The molecule has 0 aliphatic carbocycles. The van der Waals surface area contributed by atoms with Crippen LogP contribution in [0.5, 0.6) is 0 Å². The van der Waals surface area contributed by atoms with E-state index in [0.717, 1.165) is 116 Å². The Morgan fingerprint density at radius 1 is 0.310 bits per heavy atom. The first-order valence-electron chi connectivity index (χ1n) is 41.5. The maximum atomic E-state index is 12.9. The van der Waals surface area contributed by atoms with Gasteiger partial charge in [-0.15, -0.1) is 0 Å². The molecule has 0 spiro atoms. The van der Waals surface area contributed by atoms with Gasteiger partial charge in [0.2, 0.25) is 0 Å². The highest BCUT2D eigenvalue weighted by Crippen LogP contribution is 2.38. The number of hydrogen-bond acceptors (Lipinski definition) is 8. The van der Waals surface area contributed by atoms with Crippen LogP contribution in [0.25, 0.3) is 0 Å². The Hall–Kier alpha value is -4.11. The molecule has 0 aromatic rings. The third kappa shape index (κ3) is 82.8. The molecule has 0 heterocycles. The van der Waals surface area contributed by atoms with Crippen molar-refractivity contribution >= 4 is 19.8 Å². The van der Waals surface area contributed by atoms with Crippen molar-refractivity contribution in [1.29, 1.82) is 0 Å². The summed E-state index contributed by atoms with van der Waals surface area (Å²) in [5.74, 6) is -0.821. The van der Waals surface area contributed by atoms with Crippen molar-refractivity contribution in [2.45, 2.75) is 367 Å². The zero-order valence-electron chi connectivity index (χ0n) is 65.6. The standard InChI is InChI=1S/C90H156NO8P/c1-6-8-10-12-14-16-18-20-22-24-26-28-30-32-34-36-38-40-42-44-45-47-49-51-53-55-57-59-61-63-65-67-69-71-73-75-77-79-81-83-90(93)99-88(87-98-100(94,95)97-85-84-91(3,4)5)86-96-89(92)82-80-78-76-74-72-70-68-66-64-62-60-58-56-54-52-50-48-46-43-41-39-37-35-33-31-29-27-25-23-21-19-17-15-13-11-9-7-2/h8-11,14-17,20-23,26-29,32-35,38-41,88H,6-7,12-13,18-19,24-25,30-31,36-37,42-87H2,1-5H3/b10-8-,11-9-,16-14-,17-15-,22-20-,23-21-,28-26-,29-27-,34-32-,35-33-,40-38-,41-39-. The van der Waals surface area contributed by atoms with Crippen LogP contribution >= 0.6 is 7.82 Å². The van der Waals surface area contributed by atoms with E-state index < -0.39 is 26.5 Å². The van der Waals surface area contributed by atoms with Gasteiger partial charge in [-0.05, 0) is 116 Å². The smallest absolute Gasteiger partial charge is 0.306 e. The summed E-state index contributed by atoms with van der Waals surface area (Å²) in [5.41, 5.74) is 0. The van der Waals surface area contributed by atoms with Gasteiger partial charge in [0, 0.05) is 12.8 Å². The molecule has 0 amide bonds. The maximum absolute atomic E-state index is 12.9. The minimum atomic E-state index is -4.65. The van der Waals surface area contributed by atoms with Crippen molar-refractivity contribution in [3.8, 4) is 0 Å². The molecule has 0 rings (SSSR count). The molecule has 0 aliphatic heterocycles. The second kappa shape index (κ2) is 79.0. The van der Waals surface area contributed by atoms with Gasteiger partial charge in [0.05, 0.1) is 27.7 Å². The Morgan fingerprint density at radius 2 is 0.540 bits per heavy atom. The van der Waals surface area contributed by atoms with Crippen molar-refractivity contribution in [2.24, 2.45) is 0 Å². The van der Waals surface area contributed by atoms with Gasteiger partial charge < -0.3 is 27.9 Å². The van der Waals surface area contributed by atoms with E-state index in [0.29, 0.717) is 17.4 Å². The fraction of sp³-hybridized carbons (Fsp3) is 0.711. The summed E-state index contributed by atoms with van der Waals surface area (Å²) in [6.45, 7) is 4.05. The minimum absolute atomic E-state index is 0.0331. The second-order valence-electron chi connectivity index (χ2n) is 28.7. The van der Waals surface area contributed by atoms with Gasteiger partial charge in [-0.1, -0.05) is 378 Å². The van der Waals surface area contributed by atoms with Crippen LogP contribution in [0.3, 0.4) is 0 Å². The Morgan fingerprint density at radius 3 is 0.800 bits per heavy atom. The maximum Gasteiger partial charge on any atom is 0.306 e. The average molecular weight is 1410 g/mol. The van der Waals surface area contributed by atoms with Gasteiger partial charge >= 0.3 is 11.9 Å². The highest BCUT2D eigenvalue weighted by molar-refractivity contribution is 7.45. The van der Waals surface area contributed by atoms with Gasteiger partial charge in [-0.3, -0.25) is 14.2 Å². The van der Waals surface area contributed by atoms with Crippen LogP contribution in [0.2, 0.25) is 0 Å². The summed E-state index contributed by atoms with van der Waals surface area (Å²) in [6, 6.07) is 0. The predicted molar refractivity (Wildman–Crippen MR) is 434 cm³/mol. The van der Waals surface area contributed by atoms with E-state index in [1.165, 1.54) is 212 Å². The van der Waals surface area contributed by atoms with E-state index >= 15 is 0 Å². The third-order valence-corrected chi connectivity index (χ3v) is 18.8. The number of esters is 2. The van der Waals surface area contributed by atoms with Crippen molar-refractivity contribution in [1.82, 2.24) is 0 Å². The number of ether oxygens (including phenoxy) is 2. The average Bonchev–Trinajstić information content (AvgIpc) is 1.07. The van der Waals surface area contributed by atoms with Gasteiger partial charge in [0.25, 0.3) is 7.82 Å². The van der Waals surface area contributed by atoms with E-state index in [4.69, 9.17) is 18.5 Å². The first kappa shape index (κ1) is 95.9. The zero-order valence-corrected chi connectivity index (χ0v) is 66.5. The summed E-state index contributed by atoms with van der Waals surface area (Å²) in [5, 5.41) is 0. The molecule has 0 N–H and O–H groups in total.